The highest BCUT2D eigenvalue weighted by Gasteiger charge is 1.99. The third-order valence-electron chi connectivity index (χ3n) is 2.50. The lowest BCUT2D eigenvalue weighted by molar-refractivity contribution is -0.117. The zero-order valence-electron chi connectivity index (χ0n) is 11.7. The molecule has 19 heavy (non-hydrogen) atoms. The van der Waals surface area contributed by atoms with E-state index in [-0.39, 0.29) is 11.7 Å². The molecular weight excluding hydrogens is 266 g/mol. The standard InChI is InChI=1S/C13H25NO4S/c1-12(2)13(15)14-8-5-3-4-6-9-18-10-7-11-19(16)17/h1,3-11H2,2H3,(H,14,15)(H,16,17). The molecule has 0 radical (unpaired) electrons. The number of nitrogens with one attached hydrogen (secondary N) is 1. The summed E-state index contributed by atoms with van der Waals surface area (Å²) in [5.41, 5.74) is 0.539. The number of carbonyl (C=O) groups is 1. The van der Waals surface area contributed by atoms with Crippen LogP contribution in [0.15, 0.2) is 12.2 Å². The predicted octanol–water partition coefficient (Wildman–Crippen LogP) is 1.87. The lowest BCUT2D eigenvalue weighted by Crippen LogP contribution is -2.24. The molecule has 1 amide bonds. The lowest BCUT2D eigenvalue weighted by atomic mass is 10.2. The van der Waals surface area contributed by atoms with E-state index >= 15 is 0 Å². The van der Waals surface area contributed by atoms with Crippen molar-refractivity contribution in [2.45, 2.75) is 39.0 Å². The van der Waals surface area contributed by atoms with Gasteiger partial charge in [0.1, 0.15) is 0 Å². The van der Waals surface area contributed by atoms with E-state index in [0.29, 0.717) is 31.8 Å². The minimum Gasteiger partial charge on any atom is -0.381 e. The van der Waals surface area contributed by atoms with Gasteiger partial charge in [0.05, 0.1) is 5.75 Å². The highest BCUT2D eigenvalue weighted by Crippen LogP contribution is 2.00. The van der Waals surface area contributed by atoms with Crippen molar-refractivity contribution in [2.75, 3.05) is 25.5 Å². The van der Waals surface area contributed by atoms with Gasteiger partial charge < -0.3 is 14.6 Å². The molecule has 0 saturated carbocycles. The molecule has 5 nitrogen and oxygen atoms in total. The predicted molar refractivity (Wildman–Crippen MR) is 77.4 cm³/mol. The summed E-state index contributed by atoms with van der Waals surface area (Å²) in [7, 11) is 0. The summed E-state index contributed by atoms with van der Waals surface area (Å²) in [6.45, 7) is 7.18. The fraction of sp³-hybridized carbons (Fsp3) is 0.769. The Balaban J connectivity index is 3.13. The van der Waals surface area contributed by atoms with Gasteiger partial charge in [-0.2, -0.15) is 0 Å². The maximum atomic E-state index is 11.2. The number of unbranched alkanes of at least 4 members (excludes halogenated alkanes) is 3. The second-order valence-electron chi connectivity index (χ2n) is 4.44. The molecule has 0 aliphatic carbocycles. The molecule has 0 rings (SSSR count). The van der Waals surface area contributed by atoms with Crippen LogP contribution in [-0.2, 0) is 20.6 Å². The molecular formula is C13H25NO4S. The molecule has 2 N–H and O–H groups in total. The van der Waals surface area contributed by atoms with Gasteiger partial charge in [-0.3, -0.25) is 4.79 Å². The summed E-state index contributed by atoms with van der Waals surface area (Å²) in [6, 6.07) is 0. The van der Waals surface area contributed by atoms with Gasteiger partial charge in [0.25, 0.3) is 0 Å². The van der Waals surface area contributed by atoms with Crippen molar-refractivity contribution in [3.63, 3.8) is 0 Å². The summed E-state index contributed by atoms with van der Waals surface area (Å²) in [6.07, 6.45) is 4.69. The molecule has 0 aromatic carbocycles. The Morgan fingerprint density at radius 2 is 1.84 bits per heavy atom. The molecule has 0 saturated heterocycles. The van der Waals surface area contributed by atoms with Crippen molar-refractivity contribution in [1.29, 1.82) is 0 Å². The Hall–Kier alpha value is -0.720. The quantitative estimate of drug-likeness (QED) is 0.327. The van der Waals surface area contributed by atoms with Gasteiger partial charge in [-0.1, -0.05) is 19.4 Å². The number of carbonyl (C=O) groups excluding carboxylic acids is 1. The first-order valence-electron chi connectivity index (χ1n) is 6.63. The first-order valence-corrected chi connectivity index (χ1v) is 7.90. The average Bonchev–Trinajstić information content (AvgIpc) is 2.35. The van der Waals surface area contributed by atoms with E-state index in [9.17, 15) is 9.00 Å². The van der Waals surface area contributed by atoms with Gasteiger partial charge in [-0.15, -0.1) is 0 Å². The smallest absolute Gasteiger partial charge is 0.246 e. The first kappa shape index (κ1) is 18.3. The van der Waals surface area contributed by atoms with Crippen LogP contribution in [0.5, 0.6) is 0 Å². The van der Waals surface area contributed by atoms with Crippen molar-refractivity contribution < 1.29 is 18.3 Å². The molecule has 6 heteroatoms. The van der Waals surface area contributed by atoms with Crippen molar-refractivity contribution >= 4 is 17.0 Å². The Bertz CT molecular complexity index is 294. The lowest BCUT2D eigenvalue weighted by Gasteiger charge is -2.05. The van der Waals surface area contributed by atoms with Crippen LogP contribution in [0.2, 0.25) is 0 Å². The van der Waals surface area contributed by atoms with E-state index < -0.39 is 11.1 Å². The minimum atomic E-state index is -1.71. The van der Waals surface area contributed by atoms with Crippen molar-refractivity contribution in [1.82, 2.24) is 5.32 Å². The van der Waals surface area contributed by atoms with Crippen LogP contribution >= 0.6 is 0 Å². The normalized spacial score (nSPS) is 12.1. The zero-order chi connectivity index (χ0) is 14.5. The topological polar surface area (TPSA) is 75.6 Å². The van der Waals surface area contributed by atoms with E-state index in [1.807, 2.05) is 0 Å². The summed E-state index contributed by atoms with van der Waals surface area (Å²) < 4.78 is 24.2. The molecule has 0 aliphatic rings. The van der Waals surface area contributed by atoms with Crippen LogP contribution in [-0.4, -0.2) is 40.2 Å². The Morgan fingerprint density at radius 1 is 1.21 bits per heavy atom. The molecule has 0 fully saturated rings. The van der Waals surface area contributed by atoms with E-state index in [0.717, 1.165) is 25.7 Å². The fourth-order valence-corrected chi connectivity index (χ4v) is 1.79. The number of hydrogen-bond donors (Lipinski definition) is 2. The molecule has 1 unspecified atom stereocenters. The van der Waals surface area contributed by atoms with Gasteiger partial charge in [-0.25, -0.2) is 4.21 Å². The van der Waals surface area contributed by atoms with Crippen LogP contribution < -0.4 is 5.32 Å². The van der Waals surface area contributed by atoms with Crippen molar-refractivity contribution in [2.24, 2.45) is 0 Å². The summed E-state index contributed by atoms with van der Waals surface area (Å²) in [5.74, 6) is 0.201. The number of amides is 1. The van der Waals surface area contributed by atoms with Gasteiger partial charge in [0.15, 0.2) is 11.1 Å². The van der Waals surface area contributed by atoms with E-state index in [4.69, 9.17) is 9.29 Å². The second-order valence-corrected chi connectivity index (χ2v) is 5.49. The number of hydrogen-bond acceptors (Lipinski definition) is 3. The maximum Gasteiger partial charge on any atom is 0.246 e. The van der Waals surface area contributed by atoms with Crippen LogP contribution in [0.4, 0.5) is 0 Å². The van der Waals surface area contributed by atoms with Crippen LogP contribution in [0.1, 0.15) is 39.0 Å². The second kappa shape index (κ2) is 12.3. The van der Waals surface area contributed by atoms with Gasteiger partial charge in [0.2, 0.25) is 5.91 Å². The van der Waals surface area contributed by atoms with Gasteiger partial charge in [0, 0.05) is 25.3 Å². The largest absolute Gasteiger partial charge is 0.381 e. The molecule has 0 aromatic heterocycles. The molecule has 0 heterocycles. The van der Waals surface area contributed by atoms with Crippen LogP contribution in [0.3, 0.4) is 0 Å². The van der Waals surface area contributed by atoms with E-state index in [1.165, 1.54) is 0 Å². The highest BCUT2D eigenvalue weighted by atomic mass is 32.2. The molecule has 0 bridgehead atoms. The van der Waals surface area contributed by atoms with Crippen molar-refractivity contribution in [3.8, 4) is 0 Å². The third kappa shape index (κ3) is 13.5. The molecule has 112 valence electrons. The summed E-state index contributed by atoms with van der Waals surface area (Å²) in [4.78, 5) is 11.2. The maximum absolute atomic E-state index is 11.2. The molecule has 1 atom stereocenters. The molecule has 0 aromatic rings. The number of rotatable bonds is 12. The monoisotopic (exact) mass is 291 g/mol. The Labute approximate surface area is 118 Å². The minimum absolute atomic E-state index is 0.0791. The number of ether oxygens (including phenoxy) is 1. The van der Waals surface area contributed by atoms with Crippen LogP contribution in [0.25, 0.3) is 0 Å². The summed E-state index contributed by atoms with van der Waals surface area (Å²) in [5, 5.41) is 2.79. The van der Waals surface area contributed by atoms with Gasteiger partial charge in [-0.05, 0) is 26.2 Å². The SMILES string of the molecule is C=C(C)C(=O)NCCCCCCOCCCS(=O)O. The highest BCUT2D eigenvalue weighted by molar-refractivity contribution is 7.79. The van der Waals surface area contributed by atoms with Crippen LogP contribution in [0, 0.1) is 0 Å². The first-order chi connectivity index (χ1) is 9.04. The summed E-state index contributed by atoms with van der Waals surface area (Å²) >= 11 is -1.71. The Morgan fingerprint density at radius 3 is 2.47 bits per heavy atom. The molecule has 0 spiro atoms. The third-order valence-corrected chi connectivity index (χ3v) is 3.13. The fourth-order valence-electron chi connectivity index (χ4n) is 1.42. The average molecular weight is 291 g/mol. The molecule has 0 aliphatic heterocycles. The van der Waals surface area contributed by atoms with E-state index in [1.54, 1.807) is 6.92 Å². The zero-order valence-corrected chi connectivity index (χ0v) is 12.5. The Kier molecular flexibility index (Phi) is 11.9. The van der Waals surface area contributed by atoms with Gasteiger partial charge >= 0.3 is 0 Å². The van der Waals surface area contributed by atoms with Crippen molar-refractivity contribution in [3.05, 3.63) is 12.2 Å². The van der Waals surface area contributed by atoms with E-state index in [2.05, 4.69) is 11.9 Å².